The predicted molar refractivity (Wildman–Crippen MR) is 69.8 cm³/mol. The highest BCUT2D eigenvalue weighted by Gasteiger charge is 2.31. The lowest BCUT2D eigenvalue weighted by Crippen LogP contribution is -2.37. The van der Waals surface area contributed by atoms with E-state index in [9.17, 15) is 13.5 Å². The van der Waals surface area contributed by atoms with Crippen LogP contribution in [-0.2, 0) is 9.84 Å². The maximum atomic E-state index is 11.4. The standard InChI is InChI=1S/C12H25NO3S/c1-12(2,3)11(14)5-7-13(4)10-6-8-17(15,16)9-10/h10-11,14H,5-9H2,1-4H3. The van der Waals surface area contributed by atoms with Gasteiger partial charge in [0.05, 0.1) is 17.6 Å². The van der Waals surface area contributed by atoms with Crippen molar-refractivity contribution < 1.29 is 13.5 Å². The van der Waals surface area contributed by atoms with Gasteiger partial charge in [0.1, 0.15) is 0 Å². The molecule has 102 valence electrons. The minimum absolute atomic E-state index is 0.109. The Labute approximate surface area is 105 Å². The second kappa shape index (κ2) is 5.24. The second-order valence-electron chi connectivity index (χ2n) is 6.21. The maximum Gasteiger partial charge on any atom is 0.151 e. The summed E-state index contributed by atoms with van der Waals surface area (Å²) in [5.41, 5.74) is -0.109. The van der Waals surface area contributed by atoms with Crippen LogP contribution in [0.3, 0.4) is 0 Å². The van der Waals surface area contributed by atoms with Crippen molar-refractivity contribution in [3.05, 3.63) is 0 Å². The lowest BCUT2D eigenvalue weighted by Gasteiger charge is -2.29. The molecule has 1 saturated heterocycles. The van der Waals surface area contributed by atoms with Gasteiger partial charge < -0.3 is 10.0 Å². The quantitative estimate of drug-likeness (QED) is 0.819. The Morgan fingerprint density at radius 1 is 1.41 bits per heavy atom. The summed E-state index contributed by atoms with van der Waals surface area (Å²) in [6, 6.07) is 0.132. The van der Waals surface area contributed by atoms with Gasteiger partial charge in [-0.2, -0.15) is 0 Å². The number of nitrogens with zero attached hydrogens (tertiary/aromatic N) is 1. The molecule has 1 rings (SSSR count). The van der Waals surface area contributed by atoms with Gasteiger partial charge in [-0.3, -0.25) is 0 Å². The molecular formula is C12H25NO3S. The Morgan fingerprint density at radius 2 is 2.00 bits per heavy atom. The molecule has 17 heavy (non-hydrogen) atoms. The normalized spacial score (nSPS) is 26.4. The van der Waals surface area contributed by atoms with Crippen LogP contribution in [0.1, 0.15) is 33.6 Å². The minimum atomic E-state index is -2.81. The molecule has 0 spiro atoms. The molecule has 0 aromatic rings. The Kier molecular flexibility index (Phi) is 4.60. The lowest BCUT2D eigenvalue weighted by atomic mass is 9.87. The molecule has 4 nitrogen and oxygen atoms in total. The Balaban J connectivity index is 2.39. The summed E-state index contributed by atoms with van der Waals surface area (Å²) in [4.78, 5) is 2.07. The van der Waals surface area contributed by atoms with Crippen molar-refractivity contribution in [3.63, 3.8) is 0 Å². The van der Waals surface area contributed by atoms with Crippen LogP contribution < -0.4 is 0 Å². The molecule has 0 saturated carbocycles. The van der Waals surface area contributed by atoms with Gasteiger partial charge in [0.25, 0.3) is 0 Å². The Morgan fingerprint density at radius 3 is 2.41 bits per heavy atom. The van der Waals surface area contributed by atoms with Crippen molar-refractivity contribution in [2.45, 2.75) is 45.8 Å². The third-order valence-electron chi connectivity index (χ3n) is 3.59. The van der Waals surface area contributed by atoms with E-state index in [-0.39, 0.29) is 23.3 Å². The van der Waals surface area contributed by atoms with E-state index in [0.29, 0.717) is 12.2 Å². The molecule has 0 aliphatic carbocycles. The molecule has 2 unspecified atom stereocenters. The molecule has 5 heteroatoms. The topological polar surface area (TPSA) is 57.6 Å². The Bertz CT molecular complexity index is 345. The molecule has 1 N–H and O–H groups in total. The van der Waals surface area contributed by atoms with Gasteiger partial charge in [0, 0.05) is 12.6 Å². The van der Waals surface area contributed by atoms with Crippen LogP contribution >= 0.6 is 0 Å². The lowest BCUT2D eigenvalue weighted by molar-refractivity contribution is 0.0451. The average molecular weight is 263 g/mol. The highest BCUT2D eigenvalue weighted by Crippen LogP contribution is 2.23. The average Bonchev–Trinajstić information content (AvgIpc) is 2.53. The fourth-order valence-electron chi connectivity index (χ4n) is 2.06. The number of aliphatic hydroxyl groups excluding tert-OH is 1. The molecule has 1 fully saturated rings. The fourth-order valence-corrected chi connectivity index (χ4v) is 3.87. The summed E-state index contributed by atoms with van der Waals surface area (Å²) in [5, 5.41) is 9.94. The highest BCUT2D eigenvalue weighted by atomic mass is 32.2. The zero-order valence-electron chi connectivity index (χ0n) is 11.3. The SMILES string of the molecule is CN(CCC(O)C(C)(C)C)C1CCS(=O)(=O)C1. The van der Waals surface area contributed by atoms with E-state index in [2.05, 4.69) is 4.90 Å². The van der Waals surface area contributed by atoms with Crippen molar-refractivity contribution in [3.8, 4) is 0 Å². The van der Waals surface area contributed by atoms with Crippen molar-refractivity contribution in [2.75, 3.05) is 25.1 Å². The van der Waals surface area contributed by atoms with E-state index in [1.165, 1.54) is 0 Å². The largest absolute Gasteiger partial charge is 0.393 e. The molecule has 1 heterocycles. The van der Waals surface area contributed by atoms with Crippen molar-refractivity contribution in [1.82, 2.24) is 4.90 Å². The minimum Gasteiger partial charge on any atom is -0.393 e. The summed E-state index contributed by atoms with van der Waals surface area (Å²) in [7, 11) is -0.866. The summed E-state index contributed by atoms with van der Waals surface area (Å²) < 4.78 is 22.7. The van der Waals surface area contributed by atoms with E-state index in [4.69, 9.17) is 0 Å². The first kappa shape index (κ1) is 14.9. The van der Waals surface area contributed by atoms with Crippen LogP contribution in [0.2, 0.25) is 0 Å². The monoisotopic (exact) mass is 263 g/mol. The molecule has 0 aromatic carbocycles. The summed E-state index contributed by atoms with van der Waals surface area (Å²) in [5.74, 6) is 0.582. The summed E-state index contributed by atoms with van der Waals surface area (Å²) in [6.07, 6.45) is 1.07. The van der Waals surface area contributed by atoms with Crippen LogP contribution in [0.4, 0.5) is 0 Å². The molecule has 2 atom stereocenters. The first-order chi connectivity index (χ1) is 7.62. The molecule has 1 aliphatic heterocycles. The van der Waals surface area contributed by atoms with Crippen molar-refractivity contribution in [2.24, 2.45) is 5.41 Å². The van der Waals surface area contributed by atoms with Gasteiger partial charge in [-0.05, 0) is 25.3 Å². The predicted octanol–water partition coefficient (Wildman–Crippen LogP) is 0.902. The highest BCUT2D eigenvalue weighted by molar-refractivity contribution is 7.91. The third kappa shape index (κ3) is 4.56. The van der Waals surface area contributed by atoms with Gasteiger partial charge in [0.2, 0.25) is 0 Å². The van der Waals surface area contributed by atoms with Crippen molar-refractivity contribution in [1.29, 1.82) is 0 Å². The summed E-state index contributed by atoms with van der Waals surface area (Å²) in [6.45, 7) is 6.78. The Hall–Kier alpha value is -0.130. The van der Waals surface area contributed by atoms with Crippen LogP contribution in [0, 0.1) is 5.41 Å². The van der Waals surface area contributed by atoms with Crippen LogP contribution in [0.15, 0.2) is 0 Å². The number of hydrogen-bond donors (Lipinski definition) is 1. The van der Waals surface area contributed by atoms with E-state index < -0.39 is 9.84 Å². The van der Waals surface area contributed by atoms with E-state index in [0.717, 1.165) is 13.0 Å². The number of hydrogen-bond acceptors (Lipinski definition) is 4. The zero-order chi connectivity index (χ0) is 13.3. The summed E-state index contributed by atoms with van der Waals surface area (Å²) >= 11 is 0. The van der Waals surface area contributed by atoms with Crippen LogP contribution in [0.5, 0.6) is 0 Å². The maximum absolute atomic E-state index is 11.4. The van der Waals surface area contributed by atoms with E-state index in [1.807, 2.05) is 27.8 Å². The van der Waals surface area contributed by atoms with Crippen LogP contribution in [0.25, 0.3) is 0 Å². The molecule has 0 radical (unpaired) electrons. The van der Waals surface area contributed by atoms with Gasteiger partial charge in [-0.1, -0.05) is 20.8 Å². The molecule has 0 aromatic heterocycles. The molecule has 1 aliphatic rings. The van der Waals surface area contributed by atoms with Gasteiger partial charge in [-0.25, -0.2) is 8.42 Å². The number of rotatable bonds is 4. The van der Waals surface area contributed by atoms with Gasteiger partial charge in [-0.15, -0.1) is 0 Å². The first-order valence-corrected chi connectivity index (χ1v) is 8.03. The molecule has 0 bridgehead atoms. The fraction of sp³-hybridized carbons (Fsp3) is 1.00. The third-order valence-corrected chi connectivity index (χ3v) is 5.34. The van der Waals surface area contributed by atoms with Crippen molar-refractivity contribution >= 4 is 9.84 Å². The molecular weight excluding hydrogens is 238 g/mol. The first-order valence-electron chi connectivity index (χ1n) is 6.20. The second-order valence-corrected chi connectivity index (χ2v) is 8.44. The van der Waals surface area contributed by atoms with Gasteiger partial charge >= 0.3 is 0 Å². The van der Waals surface area contributed by atoms with E-state index in [1.54, 1.807) is 0 Å². The number of sulfone groups is 1. The zero-order valence-corrected chi connectivity index (χ0v) is 12.1. The molecule has 0 amide bonds. The van der Waals surface area contributed by atoms with Gasteiger partial charge in [0.15, 0.2) is 9.84 Å². The van der Waals surface area contributed by atoms with Crippen LogP contribution in [-0.4, -0.2) is 55.7 Å². The number of aliphatic hydroxyl groups is 1. The smallest absolute Gasteiger partial charge is 0.151 e. The van der Waals surface area contributed by atoms with E-state index >= 15 is 0 Å².